The molecule has 0 spiro atoms. The smallest absolute Gasteiger partial charge is 0.311 e. The van der Waals surface area contributed by atoms with Gasteiger partial charge in [0.25, 0.3) is 0 Å². The molecule has 0 aliphatic heterocycles. The normalized spacial score (nSPS) is 11.4. The van der Waals surface area contributed by atoms with Crippen LogP contribution in [0.3, 0.4) is 0 Å². The van der Waals surface area contributed by atoms with Crippen LogP contribution in [0.15, 0.2) is 68.8 Å². The van der Waals surface area contributed by atoms with E-state index < -0.39 is 10.7 Å². The summed E-state index contributed by atoms with van der Waals surface area (Å²) < 4.78 is 8.03. The van der Waals surface area contributed by atoms with E-state index >= 15 is 0 Å². The van der Waals surface area contributed by atoms with Gasteiger partial charge in [0.15, 0.2) is 17.3 Å². The summed E-state index contributed by atoms with van der Waals surface area (Å²) in [5.41, 5.74) is 1.00. The summed E-state index contributed by atoms with van der Waals surface area (Å²) in [6.07, 6.45) is 4.70. The van der Waals surface area contributed by atoms with Crippen LogP contribution in [0.4, 0.5) is 11.5 Å². The van der Waals surface area contributed by atoms with E-state index in [1.165, 1.54) is 30.7 Å². The lowest BCUT2D eigenvalue weighted by Gasteiger charge is -2.01. The number of pyridine rings is 1. The first kappa shape index (κ1) is 17.0. The molecule has 8 nitrogen and oxygen atoms in total. The van der Waals surface area contributed by atoms with Crippen molar-refractivity contribution in [1.82, 2.24) is 9.38 Å². The van der Waals surface area contributed by atoms with Crippen molar-refractivity contribution in [2.75, 3.05) is 0 Å². The van der Waals surface area contributed by atoms with Gasteiger partial charge in [-0.3, -0.25) is 14.5 Å². The van der Waals surface area contributed by atoms with Crippen molar-refractivity contribution in [1.29, 1.82) is 0 Å². The molecule has 27 heavy (non-hydrogen) atoms. The number of phenols is 1. The lowest BCUT2D eigenvalue weighted by Crippen LogP contribution is -1.92. The zero-order chi connectivity index (χ0) is 19.0. The largest absolute Gasteiger partial charge is 0.502 e. The van der Waals surface area contributed by atoms with Crippen molar-refractivity contribution in [3.8, 4) is 17.2 Å². The number of nitro groups is 1. The molecule has 9 heteroatoms. The molecule has 0 saturated heterocycles. The van der Waals surface area contributed by atoms with Crippen LogP contribution >= 0.6 is 15.9 Å². The van der Waals surface area contributed by atoms with Crippen LogP contribution in [0.25, 0.3) is 17.1 Å². The Bertz CT molecular complexity index is 1180. The number of hydrogen-bond donors (Lipinski definition) is 1. The second-order valence-corrected chi connectivity index (χ2v) is 6.48. The molecule has 3 aromatic heterocycles. The topological polar surface area (TPSA) is 106 Å². The molecule has 0 saturated carbocycles. The first-order chi connectivity index (χ1) is 13.0. The molecule has 0 radical (unpaired) electrons. The highest BCUT2D eigenvalue weighted by Gasteiger charge is 2.18. The first-order valence-corrected chi connectivity index (χ1v) is 8.56. The summed E-state index contributed by atoms with van der Waals surface area (Å²) in [6.45, 7) is 0. The fraction of sp³-hybridized carbons (Fsp3) is 0. The Morgan fingerprint density at radius 3 is 2.85 bits per heavy atom. The van der Waals surface area contributed by atoms with Gasteiger partial charge in [0.1, 0.15) is 5.65 Å². The van der Waals surface area contributed by atoms with E-state index in [-0.39, 0.29) is 11.3 Å². The lowest BCUT2D eigenvalue weighted by molar-refractivity contribution is -0.385. The predicted octanol–water partition coefficient (Wildman–Crippen LogP) is 4.72. The van der Waals surface area contributed by atoms with E-state index in [1.807, 2.05) is 12.1 Å². The zero-order valence-corrected chi connectivity index (χ0v) is 15.2. The van der Waals surface area contributed by atoms with Gasteiger partial charge in [0, 0.05) is 28.5 Å². The number of aliphatic imine (C=N–C) groups is 1. The highest BCUT2D eigenvalue weighted by atomic mass is 79.9. The zero-order valence-electron chi connectivity index (χ0n) is 13.6. The van der Waals surface area contributed by atoms with Crippen LogP contribution in [-0.4, -0.2) is 25.6 Å². The van der Waals surface area contributed by atoms with Crippen LogP contribution in [-0.2, 0) is 0 Å². The molecule has 1 N–H and O–H groups in total. The average molecular weight is 427 g/mol. The number of para-hydroxylation sites is 1. The Kier molecular flexibility index (Phi) is 4.21. The standard InChI is InChI=1S/C18H11BrN4O4/c19-12-6-7-15-21-16(14-5-2-8-27-14)18(22(15)10-12)20-9-11-3-1-4-13(17(11)24)23(25)26/h1-10,24H. The number of aromatic nitrogens is 2. The van der Waals surface area contributed by atoms with Crippen molar-refractivity contribution in [2.45, 2.75) is 0 Å². The van der Waals surface area contributed by atoms with E-state index in [0.29, 0.717) is 22.9 Å². The molecule has 4 aromatic rings. The summed E-state index contributed by atoms with van der Waals surface area (Å²) >= 11 is 3.42. The fourth-order valence-corrected chi connectivity index (χ4v) is 2.98. The maximum atomic E-state index is 11.0. The quantitative estimate of drug-likeness (QED) is 0.288. The number of hydrogen-bond acceptors (Lipinski definition) is 6. The minimum Gasteiger partial charge on any atom is -0.502 e. The molecule has 0 aliphatic rings. The summed E-state index contributed by atoms with van der Waals surface area (Å²) in [5.74, 6) is 0.554. The van der Waals surface area contributed by atoms with Crippen molar-refractivity contribution in [3.05, 3.63) is 75.1 Å². The number of rotatable bonds is 4. The predicted molar refractivity (Wildman–Crippen MR) is 103 cm³/mol. The Morgan fingerprint density at radius 1 is 1.26 bits per heavy atom. The van der Waals surface area contributed by atoms with E-state index in [4.69, 9.17) is 4.42 Å². The van der Waals surface area contributed by atoms with Crippen LogP contribution in [0.5, 0.6) is 5.75 Å². The van der Waals surface area contributed by atoms with Gasteiger partial charge in [-0.25, -0.2) is 9.98 Å². The molecule has 0 amide bonds. The number of imidazole rings is 1. The molecule has 0 bridgehead atoms. The minimum atomic E-state index is -0.647. The van der Waals surface area contributed by atoms with Gasteiger partial charge in [-0.05, 0) is 46.3 Å². The summed E-state index contributed by atoms with van der Waals surface area (Å²) in [4.78, 5) is 19.3. The number of nitro benzene ring substituents is 1. The van der Waals surface area contributed by atoms with E-state index in [9.17, 15) is 15.2 Å². The van der Waals surface area contributed by atoms with Gasteiger partial charge in [0.2, 0.25) is 5.75 Å². The number of benzene rings is 1. The Hall–Kier alpha value is -3.46. The maximum Gasteiger partial charge on any atom is 0.311 e. The molecule has 1 aromatic carbocycles. The molecule has 0 aliphatic carbocycles. The molecular formula is C18H11BrN4O4. The Morgan fingerprint density at radius 2 is 2.11 bits per heavy atom. The summed E-state index contributed by atoms with van der Waals surface area (Å²) in [7, 11) is 0. The number of furan rings is 1. The molecule has 0 atom stereocenters. The van der Waals surface area contributed by atoms with Crippen molar-refractivity contribution in [3.63, 3.8) is 0 Å². The number of halogens is 1. The third-order valence-corrected chi connectivity index (χ3v) is 4.35. The molecule has 3 heterocycles. The Labute approximate surface area is 160 Å². The molecular weight excluding hydrogens is 416 g/mol. The number of nitrogens with zero attached hydrogens (tertiary/aromatic N) is 4. The van der Waals surface area contributed by atoms with E-state index in [0.717, 1.165) is 4.47 Å². The number of phenolic OH excluding ortho intramolecular Hbond substituents is 1. The monoisotopic (exact) mass is 426 g/mol. The SMILES string of the molecule is O=[N+]([O-])c1cccc(C=Nc2c(-c3ccco3)nc3ccc(Br)cn23)c1O. The van der Waals surface area contributed by atoms with Crippen LogP contribution in [0, 0.1) is 10.1 Å². The minimum absolute atomic E-state index is 0.222. The highest BCUT2D eigenvalue weighted by molar-refractivity contribution is 9.10. The third kappa shape index (κ3) is 3.08. The number of fused-ring (bicyclic) bond motifs is 1. The lowest BCUT2D eigenvalue weighted by atomic mass is 10.2. The first-order valence-electron chi connectivity index (χ1n) is 7.76. The van der Waals surface area contributed by atoms with Gasteiger partial charge in [0.05, 0.1) is 11.2 Å². The van der Waals surface area contributed by atoms with Gasteiger partial charge < -0.3 is 9.52 Å². The highest BCUT2D eigenvalue weighted by Crippen LogP contribution is 2.33. The van der Waals surface area contributed by atoms with Gasteiger partial charge >= 0.3 is 5.69 Å². The van der Waals surface area contributed by atoms with Crippen molar-refractivity contribution >= 4 is 39.3 Å². The van der Waals surface area contributed by atoms with Crippen LogP contribution in [0.2, 0.25) is 0 Å². The number of aromatic hydroxyl groups is 1. The second kappa shape index (κ2) is 6.69. The molecule has 134 valence electrons. The van der Waals surface area contributed by atoms with Crippen molar-refractivity contribution < 1.29 is 14.4 Å². The maximum absolute atomic E-state index is 11.0. The van der Waals surface area contributed by atoms with Crippen LogP contribution < -0.4 is 0 Å². The fourth-order valence-electron chi connectivity index (χ4n) is 2.64. The third-order valence-electron chi connectivity index (χ3n) is 3.88. The Balaban J connectivity index is 1.88. The van der Waals surface area contributed by atoms with Crippen molar-refractivity contribution in [2.24, 2.45) is 4.99 Å². The molecule has 0 unspecified atom stereocenters. The van der Waals surface area contributed by atoms with Gasteiger partial charge in [-0.1, -0.05) is 6.07 Å². The van der Waals surface area contributed by atoms with E-state index in [2.05, 4.69) is 25.9 Å². The summed E-state index contributed by atoms with van der Waals surface area (Å²) in [5, 5.41) is 21.1. The van der Waals surface area contributed by atoms with Crippen LogP contribution in [0.1, 0.15) is 5.56 Å². The average Bonchev–Trinajstić information content (AvgIpc) is 3.28. The second-order valence-electron chi connectivity index (χ2n) is 5.57. The molecule has 0 fully saturated rings. The van der Waals surface area contributed by atoms with E-state index in [1.54, 1.807) is 22.7 Å². The van der Waals surface area contributed by atoms with Gasteiger partial charge in [-0.2, -0.15) is 0 Å². The molecule has 4 rings (SSSR count). The summed E-state index contributed by atoms with van der Waals surface area (Å²) in [6, 6.07) is 11.4. The van der Waals surface area contributed by atoms with Gasteiger partial charge in [-0.15, -0.1) is 0 Å².